The van der Waals surface area contributed by atoms with Crippen molar-refractivity contribution in [2.75, 3.05) is 6.61 Å². The number of nitrogens with zero attached hydrogens (tertiary/aromatic N) is 1. The van der Waals surface area contributed by atoms with Crippen molar-refractivity contribution in [3.63, 3.8) is 0 Å². The normalized spacial score (nSPS) is 15.1. The van der Waals surface area contributed by atoms with Crippen LogP contribution in [0.25, 0.3) is 0 Å². The first kappa shape index (κ1) is 24.4. The molecule has 1 atom stereocenters. The van der Waals surface area contributed by atoms with Crippen molar-refractivity contribution in [2.24, 2.45) is 0 Å². The van der Waals surface area contributed by atoms with Crippen molar-refractivity contribution in [3.8, 4) is 5.75 Å². The Hall–Kier alpha value is -2.24. The number of amides is 2. The van der Waals surface area contributed by atoms with Crippen molar-refractivity contribution < 1.29 is 14.3 Å². The summed E-state index contributed by atoms with van der Waals surface area (Å²) in [6.45, 7) is 1.85. The molecular weight excluding hydrogens is 447 g/mol. The van der Waals surface area contributed by atoms with Gasteiger partial charge in [-0.05, 0) is 43.5 Å². The molecule has 0 saturated heterocycles. The molecule has 0 radical (unpaired) electrons. The topological polar surface area (TPSA) is 58.6 Å². The maximum atomic E-state index is 13.3. The quantitative estimate of drug-likeness (QED) is 0.510. The summed E-state index contributed by atoms with van der Waals surface area (Å²) < 4.78 is 5.68. The van der Waals surface area contributed by atoms with Gasteiger partial charge in [-0.2, -0.15) is 0 Å². The molecule has 172 valence electrons. The molecule has 3 rings (SSSR count). The maximum absolute atomic E-state index is 13.3. The molecule has 1 N–H and O–H groups in total. The third kappa shape index (κ3) is 6.63. The van der Waals surface area contributed by atoms with Crippen LogP contribution in [0.2, 0.25) is 10.0 Å². The molecule has 0 heterocycles. The molecule has 0 bridgehead atoms. The summed E-state index contributed by atoms with van der Waals surface area (Å²) in [5.74, 6) is 0.155. The van der Waals surface area contributed by atoms with Crippen molar-refractivity contribution in [1.82, 2.24) is 10.2 Å². The largest absolute Gasteiger partial charge is 0.484 e. The number of carbonyl (C=O) groups excluding carboxylic acids is 2. The lowest BCUT2D eigenvalue weighted by molar-refractivity contribution is -0.143. The summed E-state index contributed by atoms with van der Waals surface area (Å²) in [5.41, 5.74) is 0.618. The van der Waals surface area contributed by atoms with Crippen LogP contribution in [0.1, 0.15) is 51.0 Å². The predicted octanol–water partition coefficient (Wildman–Crippen LogP) is 5.63. The fraction of sp³-hybridized carbons (Fsp3) is 0.440. The standard InChI is InChI=1S/C25H30Cl2N2O3/c1-2-23(25(31)28-18-10-5-3-6-11-18)29(16-20-21(26)14-9-15-22(20)27)24(30)17-32-19-12-7-4-8-13-19/h4,7-9,12-15,18,23H,2-3,5-6,10-11,16-17H2,1H3,(H,28,31)/t23-/m0/s1. The van der Waals surface area contributed by atoms with Crippen LogP contribution >= 0.6 is 23.2 Å². The van der Waals surface area contributed by atoms with Crippen LogP contribution in [0.4, 0.5) is 0 Å². The van der Waals surface area contributed by atoms with Crippen LogP contribution in [0, 0.1) is 0 Å². The van der Waals surface area contributed by atoms with E-state index in [4.69, 9.17) is 27.9 Å². The van der Waals surface area contributed by atoms with Crippen LogP contribution < -0.4 is 10.1 Å². The summed E-state index contributed by atoms with van der Waals surface area (Å²) in [6.07, 6.45) is 5.86. The Morgan fingerprint density at radius 2 is 1.69 bits per heavy atom. The Bertz CT molecular complexity index is 881. The van der Waals surface area contributed by atoms with Gasteiger partial charge in [0.25, 0.3) is 5.91 Å². The Morgan fingerprint density at radius 1 is 1.03 bits per heavy atom. The van der Waals surface area contributed by atoms with Gasteiger partial charge in [0.1, 0.15) is 11.8 Å². The lowest BCUT2D eigenvalue weighted by atomic mass is 9.95. The first-order chi connectivity index (χ1) is 15.5. The molecule has 7 heteroatoms. The van der Waals surface area contributed by atoms with Gasteiger partial charge in [-0.25, -0.2) is 0 Å². The number of rotatable bonds is 9. The van der Waals surface area contributed by atoms with Crippen LogP contribution in [-0.2, 0) is 16.1 Å². The average molecular weight is 477 g/mol. The summed E-state index contributed by atoms with van der Waals surface area (Å²) >= 11 is 12.8. The van der Waals surface area contributed by atoms with Gasteiger partial charge >= 0.3 is 0 Å². The molecule has 1 aliphatic rings. The van der Waals surface area contributed by atoms with Crippen molar-refractivity contribution in [1.29, 1.82) is 0 Å². The zero-order valence-corrected chi connectivity index (χ0v) is 19.9. The van der Waals surface area contributed by atoms with E-state index in [1.807, 2.05) is 25.1 Å². The highest BCUT2D eigenvalue weighted by molar-refractivity contribution is 6.36. The first-order valence-electron chi connectivity index (χ1n) is 11.2. The van der Waals surface area contributed by atoms with Gasteiger partial charge in [0.15, 0.2) is 6.61 Å². The summed E-state index contributed by atoms with van der Waals surface area (Å²) in [6, 6.07) is 13.9. The van der Waals surface area contributed by atoms with Crippen LogP contribution in [-0.4, -0.2) is 35.4 Å². The Balaban J connectivity index is 1.80. The van der Waals surface area contributed by atoms with E-state index in [0.29, 0.717) is 27.8 Å². The molecule has 1 saturated carbocycles. The lowest BCUT2D eigenvalue weighted by Crippen LogP contribution is -2.52. The second-order valence-corrected chi connectivity index (χ2v) is 8.91. The minimum Gasteiger partial charge on any atom is -0.484 e. The molecule has 0 aromatic heterocycles. The van der Waals surface area contributed by atoms with Gasteiger partial charge in [0.2, 0.25) is 5.91 Å². The van der Waals surface area contributed by atoms with E-state index < -0.39 is 6.04 Å². The Kier molecular flexibility index (Phi) is 9.24. The number of para-hydroxylation sites is 1. The summed E-state index contributed by atoms with van der Waals surface area (Å²) in [7, 11) is 0. The molecule has 0 spiro atoms. The van der Waals surface area contributed by atoms with Crippen LogP contribution in [0.5, 0.6) is 5.75 Å². The van der Waals surface area contributed by atoms with E-state index in [1.54, 1.807) is 30.3 Å². The van der Waals surface area contributed by atoms with E-state index in [2.05, 4.69) is 5.32 Å². The van der Waals surface area contributed by atoms with Gasteiger partial charge in [0.05, 0.1) is 0 Å². The average Bonchev–Trinajstić information content (AvgIpc) is 2.80. The van der Waals surface area contributed by atoms with E-state index in [9.17, 15) is 9.59 Å². The van der Waals surface area contributed by atoms with Gasteiger partial charge in [-0.3, -0.25) is 9.59 Å². The van der Waals surface area contributed by atoms with Crippen molar-refractivity contribution >= 4 is 35.0 Å². The van der Waals surface area contributed by atoms with Gasteiger partial charge < -0.3 is 15.0 Å². The number of nitrogens with one attached hydrogen (secondary N) is 1. The van der Waals surface area contributed by atoms with Crippen LogP contribution in [0.3, 0.4) is 0 Å². The predicted molar refractivity (Wildman–Crippen MR) is 128 cm³/mol. The van der Waals surface area contributed by atoms with Gasteiger partial charge in [-0.1, -0.05) is 73.7 Å². The second-order valence-electron chi connectivity index (χ2n) is 8.09. The number of benzene rings is 2. The summed E-state index contributed by atoms with van der Waals surface area (Å²) in [5, 5.41) is 4.07. The van der Waals surface area contributed by atoms with Crippen molar-refractivity contribution in [2.45, 2.75) is 64.1 Å². The Morgan fingerprint density at radius 3 is 2.31 bits per heavy atom. The number of hydrogen-bond acceptors (Lipinski definition) is 3. The molecule has 32 heavy (non-hydrogen) atoms. The van der Waals surface area contributed by atoms with Crippen LogP contribution in [0.15, 0.2) is 48.5 Å². The first-order valence-corrected chi connectivity index (χ1v) is 12.0. The minimum absolute atomic E-state index is 0.131. The molecule has 5 nitrogen and oxygen atoms in total. The molecule has 1 aliphatic carbocycles. The zero-order chi connectivity index (χ0) is 22.9. The second kappa shape index (κ2) is 12.1. The Labute approximate surface area is 200 Å². The SMILES string of the molecule is CC[C@@H](C(=O)NC1CCCCC1)N(Cc1c(Cl)cccc1Cl)C(=O)COc1ccccc1. The van der Waals surface area contributed by atoms with Crippen molar-refractivity contribution in [3.05, 3.63) is 64.1 Å². The molecular formula is C25H30Cl2N2O3. The molecule has 0 unspecified atom stereocenters. The molecule has 1 fully saturated rings. The van der Waals surface area contributed by atoms with E-state index in [0.717, 1.165) is 25.7 Å². The number of hydrogen-bond donors (Lipinski definition) is 1. The smallest absolute Gasteiger partial charge is 0.261 e. The third-order valence-electron chi connectivity index (χ3n) is 5.83. The zero-order valence-electron chi connectivity index (χ0n) is 18.4. The molecule has 2 aromatic rings. The summed E-state index contributed by atoms with van der Waals surface area (Å²) in [4.78, 5) is 28.0. The molecule has 2 aromatic carbocycles. The third-order valence-corrected chi connectivity index (χ3v) is 6.54. The van der Waals surface area contributed by atoms with E-state index >= 15 is 0 Å². The number of ether oxygens (including phenoxy) is 1. The number of carbonyl (C=O) groups is 2. The highest BCUT2D eigenvalue weighted by Crippen LogP contribution is 2.27. The van der Waals surface area contributed by atoms with E-state index in [1.165, 1.54) is 11.3 Å². The fourth-order valence-corrected chi connectivity index (χ4v) is 4.58. The minimum atomic E-state index is -0.642. The monoisotopic (exact) mass is 476 g/mol. The number of halogens is 2. The maximum Gasteiger partial charge on any atom is 0.261 e. The highest BCUT2D eigenvalue weighted by atomic mass is 35.5. The molecule has 2 amide bonds. The highest BCUT2D eigenvalue weighted by Gasteiger charge is 2.31. The lowest BCUT2D eigenvalue weighted by Gasteiger charge is -2.33. The fourth-order valence-electron chi connectivity index (χ4n) is 4.06. The molecule has 0 aliphatic heterocycles. The van der Waals surface area contributed by atoms with E-state index in [-0.39, 0.29) is 31.0 Å². The van der Waals surface area contributed by atoms with Gasteiger partial charge in [-0.15, -0.1) is 0 Å². The van der Waals surface area contributed by atoms with Gasteiger partial charge in [0, 0.05) is 28.2 Å².